The highest BCUT2D eigenvalue weighted by molar-refractivity contribution is 7.80. The number of oxime groups is 1. The molecular weight excluding hydrogens is 668 g/mol. The summed E-state index contributed by atoms with van der Waals surface area (Å²) in [5.74, 6) is -3.52. The molecule has 5 N–H and O–H groups in total. The first-order valence-corrected chi connectivity index (χ1v) is 16.8. The minimum absolute atomic E-state index is 0.0294. The lowest BCUT2D eigenvalue weighted by atomic mass is 9.74. The van der Waals surface area contributed by atoms with Crippen molar-refractivity contribution in [2.75, 3.05) is 18.9 Å². The van der Waals surface area contributed by atoms with Crippen molar-refractivity contribution >= 4 is 50.2 Å². The summed E-state index contributed by atoms with van der Waals surface area (Å²) in [5, 5.41) is 15.4. The van der Waals surface area contributed by atoms with Crippen molar-refractivity contribution in [2.24, 2.45) is 29.8 Å². The van der Waals surface area contributed by atoms with E-state index in [1.54, 1.807) is 12.1 Å². The number of carboxylic acid groups (broad SMARTS) is 1. The summed E-state index contributed by atoms with van der Waals surface area (Å²) < 4.78 is 45.0. The first-order valence-electron chi connectivity index (χ1n) is 14.6. The number of benzene rings is 1. The first kappa shape index (κ1) is 36.3. The van der Waals surface area contributed by atoms with E-state index in [2.05, 4.69) is 32.0 Å². The molecule has 1 amide bonds. The summed E-state index contributed by atoms with van der Waals surface area (Å²) in [6.45, 7) is 5.01. The van der Waals surface area contributed by atoms with Crippen molar-refractivity contribution in [2.45, 2.75) is 45.3 Å². The molecule has 48 heavy (non-hydrogen) atoms. The average Bonchev–Trinajstić information content (AvgIpc) is 3.46. The van der Waals surface area contributed by atoms with E-state index < -0.39 is 64.4 Å². The summed E-state index contributed by atoms with van der Waals surface area (Å²) in [5.41, 5.74) is 12.7. The molecule has 2 aromatic heterocycles. The van der Waals surface area contributed by atoms with Gasteiger partial charge in [0.1, 0.15) is 25.1 Å². The number of amides is 1. The molecule has 2 unspecified atom stereocenters. The van der Waals surface area contributed by atoms with Gasteiger partial charge in [0.05, 0.1) is 11.5 Å². The van der Waals surface area contributed by atoms with E-state index in [4.69, 9.17) is 21.0 Å². The van der Waals surface area contributed by atoms with E-state index >= 15 is 0 Å². The number of nitrogens with zero attached hydrogens (tertiary/aromatic N) is 4. The van der Waals surface area contributed by atoms with E-state index in [1.807, 2.05) is 31.4 Å². The zero-order chi connectivity index (χ0) is 35.4. The van der Waals surface area contributed by atoms with Crippen LogP contribution in [-0.2, 0) is 47.4 Å². The zero-order valence-electron chi connectivity index (χ0n) is 26.6. The van der Waals surface area contributed by atoms with E-state index in [-0.39, 0.29) is 10.8 Å². The number of ether oxygens (including phenoxy) is 1. The number of carbonyl (C=O) groups is 3. The molecule has 258 valence electrons. The van der Waals surface area contributed by atoms with Crippen LogP contribution in [0.5, 0.6) is 5.75 Å². The normalized spacial score (nSPS) is 17.4. The maximum atomic E-state index is 13.3. The Hall–Kier alpha value is -4.49. The Bertz CT molecular complexity index is 1810. The van der Waals surface area contributed by atoms with Crippen molar-refractivity contribution in [3.05, 3.63) is 59.4 Å². The number of aryl methyl sites for hydroxylation is 1. The van der Waals surface area contributed by atoms with Gasteiger partial charge in [-0.2, -0.15) is 9.35 Å². The molecule has 1 aliphatic heterocycles. The number of thiazole rings is 1. The lowest BCUT2D eigenvalue weighted by molar-refractivity contribution is -0.679. The van der Waals surface area contributed by atoms with Crippen LogP contribution in [0.25, 0.3) is 11.1 Å². The number of anilines is 1. The second-order valence-corrected chi connectivity index (χ2v) is 13.6. The molecule has 3 heterocycles. The van der Waals surface area contributed by atoms with Crippen molar-refractivity contribution in [3.63, 3.8) is 0 Å². The first-order chi connectivity index (χ1) is 22.5. The number of aromatic nitrogens is 2. The third kappa shape index (κ3) is 8.70. The highest BCUT2D eigenvalue weighted by Gasteiger charge is 2.57. The monoisotopic (exact) mass is 704 g/mol. The molecule has 0 saturated carbocycles. The largest absolute Gasteiger partial charge is 0.724 e. The van der Waals surface area contributed by atoms with Crippen LogP contribution in [0.3, 0.4) is 0 Å². The van der Waals surface area contributed by atoms with Gasteiger partial charge in [-0.3, -0.25) is 9.59 Å². The van der Waals surface area contributed by atoms with E-state index in [0.29, 0.717) is 23.3 Å². The second-order valence-electron chi connectivity index (χ2n) is 11.8. The van der Waals surface area contributed by atoms with Crippen LogP contribution in [0.4, 0.5) is 5.13 Å². The number of nitrogens with two attached hydrogens (primary N) is 2. The van der Waals surface area contributed by atoms with Gasteiger partial charge in [-0.05, 0) is 50.1 Å². The molecule has 0 spiro atoms. The van der Waals surface area contributed by atoms with Crippen molar-refractivity contribution in [1.82, 2.24) is 10.0 Å². The van der Waals surface area contributed by atoms with Gasteiger partial charge in [0, 0.05) is 29.9 Å². The third-order valence-corrected chi connectivity index (χ3v) is 8.80. The molecule has 0 bridgehead atoms. The number of hydroxylamine groups is 2. The SMILES string of the molecule is CC(CN)Cc1ccc(-c2ccc(OCC(O/N=C(\C(=O)C[C@@H]3C(=O)N(OS(=O)(=O)[O-])C3(C)C)c3csc(N)n3)C(=O)O)cc2)c[n+]1C. The lowest BCUT2D eigenvalue weighted by Gasteiger charge is -2.51. The number of aliphatic carboxylic acids is 1. The molecular formula is C30H36N6O10S2. The Morgan fingerprint density at radius 2 is 1.88 bits per heavy atom. The number of β-lactam (4-membered cyclic amide) rings is 1. The van der Waals surface area contributed by atoms with E-state index in [0.717, 1.165) is 34.6 Å². The standard InChI is InChI=1S/C30H36N6O10S2/c1-17(13-31)11-20-8-5-19(14-35(20)4)18-6-9-21(10-7-18)44-15-25(28(39)40)45-34-26(23-16-47-29(32)33-23)24(37)12-22-27(38)36(30(22,2)3)46-48(41,42)43/h5-10,14,16-17,22,25H,11-13,15,31H2,1-4H3,(H3-,32,33,39,40,41,42,43)/b34-26-/t17?,22-,25?/m1/s1. The Balaban J connectivity index is 1.44. The summed E-state index contributed by atoms with van der Waals surface area (Å²) in [6.07, 6.45) is 0.699. The van der Waals surface area contributed by atoms with Crippen LogP contribution in [-0.4, -0.2) is 76.3 Å². The van der Waals surface area contributed by atoms with Gasteiger partial charge in [-0.1, -0.05) is 24.2 Å². The minimum atomic E-state index is -5.24. The lowest BCUT2D eigenvalue weighted by Crippen LogP contribution is -2.68. The summed E-state index contributed by atoms with van der Waals surface area (Å²) >= 11 is 0.982. The number of hydrogen-bond acceptors (Lipinski definition) is 14. The van der Waals surface area contributed by atoms with Crippen LogP contribution >= 0.6 is 11.3 Å². The Labute approximate surface area is 280 Å². The molecule has 4 rings (SSSR count). The van der Waals surface area contributed by atoms with Crippen LogP contribution < -0.4 is 20.8 Å². The molecule has 1 aromatic carbocycles. The number of carboxylic acids is 1. The van der Waals surface area contributed by atoms with Crippen LogP contribution in [0.15, 0.2) is 53.1 Å². The fraction of sp³-hybridized carbons (Fsp3) is 0.400. The van der Waals surface area contributed by atoms with Gasteiger partial charge in [-0.15, -0.1) is 11.3 Å². The Morgan fingerprint density at radius 1 is 1.21 bits per heavy atom. The molecule has 16 nitrogen and oxygen atoms in total. The number of ketones is 1. The molecule has 3 atom stereocenters. The molecule has 1 fully saturated rings. The number of rotatable bonds is 16. The summed E-state index contributed by atoms with van der Waals surface area (Å²) in [7, 11) is -3.27. The second kappa shape index (κ2) is 14.7. The molecule has 1 saturated heterocycles. The quantitative estimate of drug-likeness (QED) is 0.0475. The van der Waals surface area contributed by atoms with Gasteiger partial charge >= 0.3 is 5.97 Å². The maximum absolute atomic E-state index is 13.3. The topological polar surface area (TPSA) is 241 Å². The van der Waals surface area contributed by atoms with Crippen LogP contribution in [0.1, 0.15) is 38.6 Å². The molecule has 0 radical (unpaired) electrons. The van der Waals surface area contributed by atoms with Gasteiger partial charge in [0.25, 0.3) is 12.0 Å². The Morgan fingerprint density at radius 3 is 2.42 bits per heavy atom. The molecule has 0 aliphatic carbocycles. The fourth-order valence-electron chi connectivity index (χ4n) is 4.92. The smallest absolute Gasteiger partial charge is 0.351 e. The molecule has 1 aliphatic rings. The minimum Gasteiger partial charge on any atom is -0.724 e. The van der Waals surface area contributed by atoms with Gasteiger partial charge in [0.15, 0.2) is 28.5 Å². The summed E-state index contributed by atoms with van der Waals surface area (Å²) in [6, 6.07) is 11.1. The number of carbonyl (C=O) groups excluding carboxylic acids is 2. The van der Waals surface area contributed by atoms with Crippen molar-refractivity contribution in [3.8, 4) is 16.9 Å². The zero-order valence-corrected chi connectivity index (χ0v) is 28.2. The van der Waals surface area contributed by atoms with Crippen molar-refractivity contribution < 1.29 is 50.9 Å². The number of pyridine rings is 1. The van der Waals surface area contributed by atoms with Gasteiger partial charge in [-0.25, -0.2) is 22.8 Å². The van der Waals surface area contributed by atoms with Gasteiger partial charge in [0.2, 0.25) is 10.4 Å². The summed E-state index contributed by atoms with van der Waals surface area (Å²) in [4.78, 5) is 47.1. The molecule has 18 heteroatoms. The predicted molar refractivity (Wildman–Crippen MR) is 171 cm³/mol. The Kier molecular flexibility index (Phi) is 11.2. The van der Waals surface area contributed by atoms with Crippen LogP contribution in [0, 0.1) is 11.8 Å². The third-order valence-electron chi connectivity index (χ3n) is 7.80. The molecule has 3 aromatic rings. The van der Waals surface area contributed by atoms with Crippen molar-refractivity contribution in [1.29, 1.82) is 0 Å². The fourth-order valence-corrected chi connectivity index (χ4v) is 5.92. The van der Waals surface area contributed by atoms with Gasteiger partial charge < -0.3 is 30.7 Å². The van der Waals surface area contributed by atoms with E-state index in [9.17, 15) is 32.5 Å². The predicted octanol–water partition coefficient (Wildman–Crippen LogP) is 1.20. The van der Waals surface area contributed by atoms with E-state index in [1.165, 1.54) is 19.2 Å². The number of nitrogen functional groups attached to an aromatic ring is 1. The van der Waals surface area contributed by atoms with Crippen LogP contribution in [0.2, 0.25) is 0 Å². The average molecular weight is 705 g/mol. The highest BCUT2D eigenvalue weighted by Crippen LogP contribution is 2.40. The highest BCUT2D eigenvalue weighted by atomic mass is 32.3. The maximum Gasteiger partial charge on any atom is 0.351 e. The number of hydrogen-bond donors (Lipinski definition) is 3. The number of Topliss-reactive ketones (excluding diaryl/α,β-unsaturated/α-hetero) is 1.